The van der Waals surface area contributed by atoms with E-state index in [2.05, 4.69) is 4.98 Å². The van der Waals surface area contributed by atoms with E-state index in [9.17, 15) is 14.7 Å². The quantitative estimate of drug-likeness (QED) is 0.129. The summed E-state index contributed by atoms with van der Waals surface area (Å²) in [6.07, 6.45) is 0.416. The summed E-state index contributed by atoms with van der Waals surface area (Å²) in [6, 6.07) is 7.68. The number of nitrogen functional groups attached to an aromatic ring is 1. The first kappa shape index (κ1) is 36.1. The van der Waals surface area contributed by atoms with Gasteiger partial charge in [-0.1, -0.05) is 18.2 Å². The molecule has 14 heteroatoms. The summed E-state index contributed by atoms with van der Waals surface area (Å²) in [5, 5.41) is 11.6. The second-order valence-electron chi connectivity index (χ2n) is 11.1. The lowest BCUT2D eigenvalue weighted by Crippen LogP contribution is -2.34. The standard InChI is InChI=1S/C31H48N6O8/c1-4-36(27(39)10-12-42-14-16-44-18-20-45-19-17-43-15-13-41-11-9-25(32)38)21-26-35-28-29(37(26)22-31(2,3)40)23-7-5-6-8-24(23)34-30(28)33/h5-8,40H,4,9-22H2,1-3H3,(H2,32,38)(H2,33,34). The first-order valence-electron chi connectivity index (χ1n) is 15.3. The summed E-state index contributed by atoms with van der Waals surface area (Å²) >= 11 is 0. The Morgan fingerprint density at radius 1 is 0.867 bits per heavy atom. The maximum absolute atomic E-state index is 13.1. The predicted molar refractivity (Wildman–Crippen MR) is 169 cm³/mol. The molecule has 2 heterocycles. The highest BCUT2D eigenvalue weighted by atomic mass is 16.6. The molecule has 1 aromatic carbocycles. The van der Waals surface area contributed by atoms with Crippen molar-refractivity contribution in [3.8, 4) is 0 Å². The topological polar surface area (TPSA) is 187 Å². The normalized spacial score (nSPS) is 11.9. The largest absolute Gasteiger partial charge is 0.389 e. The van der Waals surface area contributed by atoms with Crippen molar-refractivity contribution >= 4 is 39.6 Å². The number of pyridine rings is 1. The fraction of sp³-hybridized carbons (Fsp3) is 0.613. The number of carbonyl (C=O) groups is 2. The van der Waals surface area contributed by atoms with Gasteiger partial charge >= 0.3 is 0 Å². The molecule has 0 radical (unpaired) electrons. The highest BCUT2D eigenvalue weighted by Crippen LogP contribution is 2.30. The number of aliphatic hydroxyl groups is 1. The summed E-state index contributed by atoms with van der Waals surface area (Å²) in [7, 11) is 0. The van der Waals surface area contributed by atoms with Gasteiger partial charge in [0.25, 0.3) is 0 Å². The number of amides is 2. The smallest absolute Gasteiger partial charge is 0.225 e. The summed E-state index contributed by atoms with van der Waals surface area (Å²) < 4.78 is 29.1. The molecular formula is C31H48N6O8. The van der Waals surface area contributed by atoms with E-state index >= 15 is 0 Å². The molecule has 2 aromatic heterocycles. The molecule has 250 valence electrons. The van der Waals surface area contributed by atoms with Gasteiger partial charge in [-0.3, -0.25) is 9.59 Å². The van der Waals surface area contributed by atoms with Crippen molar-refractivity contribution in [1.29, 1.82) is 0 Å². The number of benzene rings is 1. The molecule has 0 aliphatic heterocycles. The van der Waals surface area contributed by atoms with Crippen molar-refractivity contribution in [2.75, 3.05) is 78.3 Å². The molecule has 0 atom stereocenters. The average Bonchev–Trinajstić information content (AvgIpc) is 3.34. The third-order valence-corrected chi connectivity index (χ3v) is 6.74. The Kier molecular flexibility index (Phi) is 14.9. The van der Waals surface area contributed by atoms with Gasteiger partial charge in [-0.15, -0.1) is 0 Å². The number of hydrogen-bond donors (Lipinski definition) is 3. The van der Waals surface area contributed by atoms with Crippen LogP contribution in [-0.2, 0) is 46.4 Å². The van der Waals surface area contributed by atoms with Crippen LogP contribution < -0.4 is 11.5 Å². The fourth-order valence-corrected chi connectivity index (χ4v) is 4.60. The molecular weight excluding hydrogens is 584 g/mol. The second kappa shape index (κ2) is 18.5. The minimum absolute atomic E-state index is 0.0657. The van der Waals surface area contributed by atoms with E-state index in [0.29, 0.717) is 83.2 Å². The average molecular weight is 633 g/mol. The molecule has 3 aromatic rings. The van der Waals surface area contributed by atoms with Gasteiger partial charge in [0, 0.05) is 18.4 Å². The number of carbonyl (C=O) groups excluding carboxylic acids is 2. The zero-order chi connectivity index (χ0) is 32.7. The van der Waals surface area contributed by atoms with Crippen molar-refractivity contribution in [2.24, 2.45) is 5.73 Å². The number of para-hydroxylation sites is 1. The van der Waals surface area contributed by atoms with E-state index in [1.807, 2.05) is 35.8 Å². The van der Waals surface area contributed by atoms with E-state index in [-0.39, 0.29) is 44.4 Å². The van der Waals surface area contributed by atoms with Gasteiger partial charge in [0.2, 0.25) is 11.8 Å². The van der Waals surface area contributed by atoms with Crippen LogP contribution in [0.5, 0.6) is 0 Å². The summed E-state index contributed by atoms with van der Waals surface area (Å²) in [5.41, 5.74) is 12.4. The molecule has 0 fully saturated rings. The summed E-state index contributed by atoms with van der Waals surface area (Å²) in [5.74, 6) is 0.480. The third-order valence-electron chi connectivity index (χ3n) is 6.74. The lowest BCUT2D eigenvalue weighted by Gasteiger charge is -2.24. The Bertz CT molecular complexity index is 1360. The van der Waals surface area contributed by atoms with E-state index in [1.165, 1.54) is 0 Å². The number of nitrogens with zero attached hydrogens (tertiary/aromatic N) is 4. The number of rotatable bonds is 23. The minimum atomic E-state index is -1.02. The molecule has 2 amide bonds. The molecule has 45 heavy (non-hydrogen) atoms. The highest BCUT2D eigenvalue weighted by Gasteiger charge is 2.24. The van der Waals surface area contributed by atoms with Crippen LogP contribution in [0.3, 0.4) is 0 Å². The first-order chi connectivity index (χ1) is 21.6. The first-order valence-corrected chi connectivity index (χ1v) is 15.3. The molecule has 0 saturated heterocycles. The number of hydrogen-bond acceptors (Lipinski definition) is 11. The molecule has 0 aliphatic carbocycles. The van der Waals surface area contributed by atoms with Crippen LogP contribution >= 0.6 is 0 Å². The lowest BCUT2D eigenvalue weighted by molar-refractivity contribution is -0.133. The molecule has 3 rings (SSSR count). The number of imidazole rings is 1. The Morgan fingerprint density at radius 3 is 1.93 bits per heavy atom. The number of nitrogens with two attached hydrogens (primary N) is 2. The van der Waals surface area contributed by atoms with Crippen LogP contribution in [0.1, 0.15) is 39.4 Å². The maximum Gasteiger partial charge on any atom is 0.225 e. The number of aromatic nitrogens is 3. The number of primary amides is 1. The van der Waals surface area contributed by atoms with Crippen LogP contribution in [0, 0.1) is 0 Å². The van der Waals surface area contributed by atoms with Gasteiger partial charge in [-0.25, -0.2) is 9.97 Å². The minimum Gasteiger partial charge on any atom is -0.389 e. The molecule has 0 saturated carbocycles. The Balaban J connectivity index is 1.37. The van der Waals surface area contributed by atoms with Gasteiger partial charge in [-0.2, -0.15) is 0 Å². The summed E-state index contributed by atoms with van der Waals surface area (Å²) in [6.45, 7) is 10.2. The van der Waals surface area contributed by atoms with Crippen LogP contribution in [0.15, 0.2) is 24.3 Å². The van der Waals surface area contributed by atoms with Crippen molar-refractivity contribution in [1.82, 2.24) is 19.4 Å². The van der Waals surface area contributed by atoms with E-state index < -0.39 is 5.60 Å². The van der Waals surface area contributed by atoms with E-state index in [0.717, 1.165) is 16.4 Å². The van der Waals surface area contributed by atoms with Crippen LogP contribution in [-0.4, -0.2) is 115 Å². The highest BCUT2D eigenvalue weighted by molar-refractivity contribution is 6.06. The van der Waals surface area contributed by atoms with Crippen molar-refractivity contribution in [3.63, 3.8) is 0 Å². The molecule has 14 nitrogen and oxygen atoms in total. The second-order valence-corrected chi connectivity index (χ2v) is 11.1. The maximum atomic E-state index is 13.1. The fourth-order valence-electron chi connectivity index (χ4n) is 4.60. The van der Waals surface area contributed by atoms with Crippen molar-refractivity contribution < 1.29 is 38.4 Å². The van der Waals surface area contributed by atoms with Crippen LogP contribution in [0.2, 0.25) is 0 Å². The Labute approximate surface area is 263 Å². The Morgan fingerprint density at radius 2 is 1.40 bits per heavy atom. The number of fused-ring (bicyclic) bond motifs is 3. The van der Waals surface area contributed by atoms with Crippen LogP contribution in [0.4, 0.5) is 5.82 Å². The Hall–Kier alpha value is -3.40. The zero-order valence-electron chi connectivity index (χ0n) is 26.7. The SMILES string of the molecule is CCN(Cc1nc2c(N)nc3ccccc3c2n1CC(C)(C)O)C(=O)CCOCCOCCOCCOCCOCCC(N)=O. The summed E-state index contributed by atoms with van der Waals surface area (Å²) in [4.78, 5) is 34.7. The van der Waals surface area contributed by atoms with Gasteiger partial charge in [0.1, 0.15) is 11.3 Å². The zero-order valence-corrected chi connectivity index (χ0v) is 26.7. The van der Waals surface area contributed by atoms with Crippen molar-refractivity contribution in [3.05, 3.63) is 30.1 Å². The van der Waals surface area contributed by atoms with Gasteiger partial charge < -0.3 is 49.7 Å². The third kappa shape index (κ3) is 12.1. The van der Waals surface area contributed by atoms with Gasteiger partial charge in [0.05, 0.1) is 102 Å². The molecule has 5 N–H and O–H groups in total. The van der Waals surface area contributed by atoms with E-state index in [4.69, 9.17) is 40.1 Å². The molecule has 0 aliphatic rings. The van der Waals surface area contributed by atoms with Gasteiger partial charge in [-0.05, 0) is 26.8 Å². The number of anilines is 1. The lowest BCUT2D eigenvalue weighted by atomic mass is 10.1. The molecule has 0 spiro atoms. The predicted octanol–water partition coefficient (Wildman–Crippen LogP) is 1.63. The van der Waals surface area contributed by atoms with Gasteiger partial charge in [0.15, 0.2) is 5.82 Å². The monoisotopic (exact) mass is 632 g/mol. The number of ether oxygens (including phenoxy) is 5. The van der Waals surface area contributed by atoms with Crippen LogP contribution in [0.25, 0.3) is 21.9 Å². The molecule has 0 bridgehead atoms. The van der Waals surface area contributed by atoms with Crippen molar-refractivity contribution in [2.45, 2.75) is 52.3 Å². The van der Waals surface area contributed by atoms with E-state index in [1.54, 1.807) is 18.7 Å². The molecule has 0 unspecified atom stereocenters.